The van der Waals surface area contributed by atoms with E-state index in [9.17, 15) is 0 Å². The fraction of sp³-hybridized carbons (Fsp3) is 0.800. The lowest BCUT2D eigenvalue weighted by Crippen LogP contribution is -2.26. The van der Waals surface area contributed by atoms with Crippen molar-refractivity contribution in [3.05, 3.63) is 22.8 Å². The Morgan fingerprint density at radius 3 is 2.67 bits per heavy atom. The molecule has 1 nitrogen and oxygen atoms in total. The van der Waals surface area contributed by atoms with Gasteiger partial charge in [-0.25, -0.2) is 0 Å². The lowest BCUT2D eigenvalue weighted by atomic mass is 9.71. The molecule has 118 valence electrons. The number of hydrogen-bond acceptors (Lipinski definition) is 1. The maximum atomic E-state index is 6.14. The van der Waals surface area contributed by atoms with Gasteiger partial charge in [-0.05, 0) is 84.0 Å². The lowest BCUT2D eigenvalue weighted by Gasteiger charge is -2.33. The molecule has 0 aromatic rings. The van der Waals surface area contributed by atoms with Crippen LogP contribution in [0.15, 0.2) is 22.8 Å². The molecule has 0 aromatic carbocycles. The van der Waals surface area contributed by atoms with E-state index in [1.165, 1.54) is 44.9 Å². The first-order chi connectivity index (χ1) is 9.84. The van der Waals surface area contributed by atoms with Crippen molar-refractivity contribution in [2.24, 2.45) is 11.3 Å². The largest absolute Gasteiger partial charge is 0.366 e. The average Bonchev–Trinajstić information content (AvgIpc) is 2.88. The summed E-state index contributed by atoms with van der Waals surface area (Å²) in [7, 11) is 0. The SMILES string of the molecule is CC(C)=C1CC[C@@]2(C)C[C@H]3OC3(C)CC/C=C(\C)CCC12. The van der Waals surface area contributed by atoms with E-state index in [1.54, 1.807) is 16.7 Å². The maximum Gasteiger partial charge on any atom is 0.0923 e. The van der Waals surface area contributed by atoms with Crippen LogP contribution in [0.5, 0.6) is 0 Å². The zero-order chi connectivity index (χ0) is 15.3. The summed E-state index contributed by atoms with van der Waals surface area (Å²) in [5, 5.41) is 0. The first kappa shape index (κ1) is 15.3. The Labute approximate surface area is 130 Å². The molecule has 0 bridgehead atoms. The van der Waals surface area contributed by atoms with Gasteiger partial charge in [0.1, 0.15) is 0 Å². The van der Waals surface area contributed by atoms with Crippen molar-refractivity contribution in [2.75, 3.05) is 0 Å². The summed E-state index contributed by atoms with van der Waals surface area (Å²) in [6.45, 7) is 11.8. The second kappa shape index (κ2) is 5.26. The Hall–Kier alpha value is -0.560. The van der Waals surface area contributed by atoms with Crippen LogP contribution in [-0.4, -0.2) is 11.7 Å². The van der Waals surface area contributed by atoms with Gasteiger partial charge in [0.25, 0.3) is 0 Å². The zero-order valence-electron chi connectivity index (χ0n) is 14.6. The third-order valence-electron chi connectivity index (χ3n) is 6.52. The predicted molar refractivity (Wildman–Crippen MR) is 89.3 cm³/mol. The monoisotopic (exact) mass is 288 g/mol. The zero-order valence-corrected chi connectivity index (χ0v) is 14.6. The van der Waals surface area contributed by atoms with Gasteiger partial charge >= 0.3 is 0 Å². The summed E-state index contributed by atoms with van der Waals surface area (Å²) in [6.07, 6.45) is 11.9. The van der Waals surface area contributed by atoms with Crippen LogP contribution in [0, 0.1) is 11.3 Å². The maximum absolute atomic E-state index is 6.14. The number of fused-ring (bicyclic) bond motifs is 2. The van der Waals surface area contributed by atoms with E-state index in [0.29, 0.717) is 11.5 Å². The van der Waals surface area contributed by atoms with E-state index in [4.69, 9.17) is 4.74 Å². The number of allylic oxidation sites excluding steroid dienone is 4. The minimum Gasteiger partial charge on any atom is -0.366 e. The van der Waals surface area contributed by atoms with Gasteiger partial charge in [-0.3, -0.25) is 0 Å². The molecule has 3 aliphatic rings. The Morgan fingerprint density at radius 2 is 1.95 bits per heavy atom. The van der Waals surface area contributed by atoms with E-state index >= 15 is 0 Å². The predicted octanol–water partition coefficient (Wildman–Crippen LogP) is 5.81. The molecule has 0 radical (unpaired) electrons. The van der Waals surface area contributed by atoms with Crippen molar-refractivity contribution in [1.29, 1.82) is 0 Å². The summed E-state index contributed by atoms with van der Waals surface area (Å²) in [4.78, 5) is 0. The van der Waals surface area contributed by atoms with Crippen LogP contribution in [-0.2, 0) is 4.74 Å². The van der Waals surface area contributed by atoms with Gasteiger partial charge in [0, 0.05) is 0 Å². The highest BCUT2D eigenvalue weighted by Gasteiger charge is 2.56. The molecule has 1 saturated carbocycles. The highest BCUT2D eigenvalue weighted by atomic mass is 16.6. The molecule has 1 heteroatoms. The molecule has 2 fully saturated rings. The van der Waals surface area contributed by atoms with Crippen LogP contribution in [0.25, 0.3) is 0 Å². The lowest BCUT2D eigenvalue weighted by molar-refractivity contribution is 0.189. The third kappa shape index (κ3) is 2.86. The van der Waals surface area contributed by atoms with Crippen molar-refractivity contribution in [3.63, 3.8) is 0 Å². The fourth-order valence-electron chi connectivity index (χ4n) is 4.83. The van der Waals surface area contributed by atoms with Crippen molar-refractivity contribution in [2.45, 2.75) is 91.3 Å². The quantitative estimate of drug-likeness (QED) is 0.405. The first-order valence-electron chi connectivity index (χ1n) is 8.84. The van der Waals surface area contributed by atoms with Crippen LogP contribution in [0.3, 0.4) is 0 Å². The van der Waals surface area contributed by atoms with Gasteiger partial charge in [0.15, 0.2) is 0 Å². The minimum atomic E-state index is 0.169. The molecular formula is C20H32O. The van der Waals surface area contributed by atoms with E-state index in [-0.39, 0.29) is 5.60 Å². The second-order valence-corrected chi connectivity index (χ2v) is 8.48. The molecule has 3 rings (SSSR count). The third-order valence-corrected chi connectivity index (χ3v) is 6.52. The molecule has 2 unspecified atom stereocenters. The summed E-state index contributed by atoms with van der Waals surface area (Å²) in [6, 6.07) is 0. The summed E-state index contributed by atoms with van der Waals surface area (Å²) in [5.41, 5.74) is 5.54. The van der Waals surface area contributed by atoms with E-state index < -0.39 is 0 Å². The van der Waals surface area contributed by atoms with E-state index in [1.807, 2.05) is 0 Å². The van der Waals surface area contributed by atoms with Gasteiger partial charge in [-0.2, -0.15) is 0 Å². The van der Waals surface area contributed by atoms with Crippen LogP contribution in [0.2, 0.25) is 0 Å². The van der Waals surface area contributed by atoms with E-state index in [0.717, 1.165) is 5.92 Å². The average molecular weight is 288 g/mol. The normalized spacial score (nSPS) is 46.0. The Morgan fingerprint density at radius 1 is 1.19 bits per heavy atom. The van der Waals surface area contributed by atoms with Crippen LogP contribution >= 0.6 is 0 Å². The van der Waals surface area contributed by atoms with Crippen molar-refractivity contribution >= 4 is 0 Å². The molecule has 0 amide bonds. The minimum absolute atomic E-state index is 0.169. The van der Waals surface area contributed by atoms with Gasteiger partial charge in [-0.1, -0.05) is 29.7 Å². The Balaban J connectivity index is 1.89. The first-order valence-corrected chi connectivity index (χ1v) is 8.84. The van der Waals surface area contributed by atoms with Crippen molar-refractivity contribution < 1.29 is 4.74 Å². The molecule has 1 aliphatic heterocycles. The van der Waals surface area contributed by atoms with Crippen molar-refractivity contribution in [1.82, 2.24) is 0 Å². The van der Waals surface area contributed by atoms with E-state index in [2.05, 4.69) is 40.7 Å². The number of epoxide rings is 1. The molecular weight excluding hydrogens is 256 g/mol. The highest BCUT2D eigenvalue weighted by Crippen LogP contribution is 2.57. The van der Waals surface area contributed by atoms with Gasteiger partial charge in [-0.15, -0.1) is 0 Å². The molecule has 0 N–H and O–H groups in total. The number of rotatable bonds is 0. The van der Waals surface area contributed by atoms with Gasteiger partial charge in [0.05, 0.1) is 11.7 Å². The number of hydrogen-bond donors (Lipinski definition) is 0. The molecule has 1 saturated heterocycles. The molecule has 21 heavy (non-hydrogen) atoms. The van der Waals surface area contributed by atoms with Crippen molar-refractivity contribution in [3.8, 4) is 0 Å². The molecule has 0 spiro atoms. The standard InChI is InChI=1S/C20H32O/c1-14(2)16-10-12-19(4)13-18-20(5,21-18)11-6-7-15(3)8-9-17(16)19/h7,17-18H,6,8-13H2,1-5H3/b15-7+/t17?,18-,19+,20?/m1/s1. The fourth-order valence-corrected chi connectivity index (χ4v) is 4.83. The number of ether oxygens (including phenoxy) is 1. The Bertz CT molecular complexity index is 482. The molecule has 4 atom stereocenters. The Kier molecular flexibility index (Phi) is 3.84. The highest BCUT2D eigenvalue weighted by molar-refractivity contribution is 5.23. The molecule has 0 aromatic heterocycles. The van der Waals surface area contributed by atoms with Crippen LogP contribution in [0.1, 0.15) is 79.6 Å². The van der Waals surface area contributed by atoms with Crippen LogP contribution in [0.4, 0.5) is 0 Å². The second-order valence-electron chi connectivity index (χ2n) is 8.48. The van der Waals surface area contributed by atoms with Gasteiger partial charge in [0.2, 0.25) is 0 Å². The summed E-state index contributed by atoms with van der Waals surface area (Å²) >= 11 is 0. The topological polar surface area (TPSA) is 12.5 Å². The molecule has 2 aliphatic carbocycles. The van der Waals surface area contributed by atoms with Gasteiger partial charge < -0.3 is 4.74 Å². The summed E-state index contributed by atoms with van der Waals surface area (Å²) in [5.74, 6) is 0.775. The smallest absolute Gasteiger partial charge is 0.0923 e. The summed E-state index contributed by atoms with van der Waals surface area (Å²) < 4.78 is 6.14. The van der Waals surface area contributed by atoms with Crippen LogP contribution < -0.4 is 0 Å². The molecule has 1 heterocycles.